The van der Waals surface area contributed by atoms with Gasteiger partial charge in [0.05, 0.1) is 0 Å². The molecule has 0 spiro atoms. The van der Waals surface area contributed by atoms with E-state index in [1.165, 1.54) is 51.7 Å². The van der Waals surface area contributed by atoms with Crippen molar-refractivity contribution >= 4 is 0 Å². The van der Waals surface area contributed by atoms with Crippen LogP contribution in [-0.4, -0.2) is 24.5 Å². The van der Waals surface area contributed by atoms with Crippen LogP contribution in [0.25, 0.3) is 0 Å². The zero-order valence-corrected chi connectivity index (χ0v) is 12.1. The summed E-state index contributed by atoms with van der Waals surface area (Å²) < 4.78 is 0. The lowest BCUT2D eigenvalue weighted by atomic mass is 9.62. The number of rotatable bonds is 6. The molecule has 1 saturated heterocycles. The fraction of sp³-hybridized carbons (Fsp3) is 1.00. The Morgan fingerprint density at radius 1 is 1.00 bits per heavy atom. The fourth-order valence-corrected chi connectivity index (χ4v) is 3.24. The van der Waals surface area contributed by atoms with Crippen molar-refractivity contribution in [3.05, 3.63) is 0 Å². The molecule has 1 aliphatic heterocycles. The van der Waals surface area contributed by atoms with Crippen molar-refractivity contribution in [2.24, 2.45) is 10.8 Å². The molecular formula is C15H31N. The molecule has 16 heavy (non-hydrogen) atoms. The van der Waals surface area contributed by atoms with E-state index in [1.807, 2.05) is 0 Å². The van der Waals surface area contributed by atoms with E-state index in [9.17, 15) is 0 Å². The van der Waals surface area contributed by atoms with Gasteiger partial charge in [-0.3, -0.25) is 0 Å². The molecule has 1 fully saturated rings. The van der Waals surface area contributed by atoms with Gasteiger partial charge in [-0.15, -0.1) is 0 Å². The predicted molar refractivity (Wildman–Crippen MR) is 72.8 cm³/mol. The van der Waals surface area contributed by atoms with Gasteiger partial charge in [-0.25, -0.2) is 0 Å². The van der Waals surface area contributed by atoms with Crippen molar-refractivity contribution in [3.63, 3.8) is 0 Å². The minimum absolute atomic E-state index is 0.447. The smallest absolute Gasteiger partial charge is 0.00379 e. The Balaban J connectivity index is 2.64. The summed E-state index contributed by atoms with van der Waals surface area (Å²) in [6.07, 6.45) is 6.80. The van der Waals surface area contributed by atoms with Gasteiger partial charge in [-0.2, -0.15) is 0 Å². The Labute approximate surface area is 103 Å². The van der Waals surface area contributed by atoms with Crippen molar-refractivity contribution < 1.29 is 0 Å². The molecular weight excluding hydrogens is 194 g/mol. The second-order valence-corrected chi connectivity index (χ2v) is 6.53. The van der Waals surface area contributed by atoms with Crippen LogP contribution < -0.4 is 0 Å². The standard InChI is InChI=1S/C15H31N/c1-6-10-15(5,7-2)14(3,4)13-16-11-8-9-12-16/h6-13H2,1-5H3. The van der Waals surface area contributed by atoms with Crippen LogP contribution in [0.3, 0.4) is 0 Å². The maximum atomic E-state index is 2.67. The zero-order valence-electron chi connectivity index (χ0n) is 12.1. The van der Waals surface area contributed by atoms with Gasteiger partial charge < -0.3 is 4.90 Å². The van der Waals surface area contributed by atoms with Gasteiger partial charge in [0.2, 0.25) is 0 Å². The second-order valence-electron chi connectivity index (χ2n) is 6.53. The molecule has 0 aromatic carbocycles. The van der Waals surface area contributed by atoms with Gasteiger partial charge >= 0.3 is 0 Å². The average Bonchev–Trinajstić information content (AvgIpc) is 2.69. The second kappa shape index (κ2) is 5.53. The van der Waals surface area contributed by atoms with Gasteiger partial charge in [-0.1, -0.05) is 47.5 Å². The molecule has 1 heterocycles. The molecule has 1 atom stereocenters. The van der Waals surface area contributed by atoms with Crippen LogP contribution in [0, 0.1) is 10.8 Å². The largest absolute Gasteiger partial charge is 0.303 e. The lowest BCUT2D eigenvalue weighted by Crippen LogP contribution is -2.43. The molecule has 0 N–H and O–H groups in total. The quantitative estimate of drug-likeness (QED) is 0.650. The lowest BCUT2D eigenvalue weighted by Gasteiger charge is -2.46. The van der Waals surface area contributed by atoms with Crippen LogP contribution in [-0.2, 0) is 0 Å². The van der Waals surface area contributed by atoms with Crippen molar-refractivity contribution in [1.29, 1.82) is 0 Å². The van der Waals surface area contributed by atoms with Gasteiger partial charge in [0.15, 0.2) is 0 Å². The maximum absolute atomic E-state index is 2.67. The van der Waals surface area contributed by atoms with Crippen molar-refractivity contribution in [1.82, 2.24) is 4.90 Å². The maximum Gasteiger partial charge on any atom is 0.00379 e. The molecule has 0 bridgehead atoms. The molecule has 0 aromatic heterocycles. The first-order valence-corrected chi connectivity index (χ1v) is 7.17. The Kier molecular flexibility index (Phi) is 4.85. The highest BCUT2D eigenvalue weighted by Crippen LogP contribution is 2.46. The molecule has 0 radical (unpaired) electrons. The third kappa shape index (κ3) is 3.00. The zero-order chi connectivity index (χ0) is 12.2. The number of nitrogens with zero attached hydrogens (tertiary/aromatic N) is 1. The minimum atomic E-state index is 0.447. The highest BCUT2D eigenvalue weighted by Gasteiger charge is 2.39. The van der Waals surface area contributed by atoms with Crippen molar-refractivity contribution in [2.75, 3.05) is 19.6 Å². The summed E-state index contributed by atoms with van der Waals surface area (Å²) in [5.74, 6) is 0. The van der Waals surface area contributed by atoms with E-state index in [1.54, 1.807) is 0 Å². The first-order chi connectivity index (χ1) is 7.45. The van der Waals surface area contributed by atoms with Gasteiger partial charge in [0.25, 0.3) is 0 Å². The molecule has 96 valence electrons. The third-order valence-electron chi connectivity index (χ3n) is 5.03. The number of hydrogen-bond acceptors (Lipinski definition) is 1. The van der Waals surface area contributed by atoms with Gasteiger partial charge in [0.1, 0.15) is 0 Å². The van der Waals surface area contributed by atoms with Crippen LogP contribution in [0.1, 0.15) is 66.7 Å². The van der Waals surface area contributed by atoms with Crippen LogP contribution in [0.5, 0.6) is 0 Å². The molecule has 1 heteroatoms. The van der Waals surface area contributed by atoms with E-state index in [4.69, 9.17) is 0 Å². The molecule has 1 aliphatic rings. The topological polar surface area (TPSA) is 3.24 Å². The van der Waals surface area contributed by atoms with Crippen LogP contribution in [0.2, 0.25) is 0 Å². The summed E-state index contributed by atoms with van der Waals surface area (Å²) in [6.45, 7) is 16.1. The summed E-state index contributed by atoms with van der Waals surface area (Å²) in [5, 5.41) is 0. The van der Waals surface area contributed by atoms with Crippen LogP contribution in [0.4, 0.5) is 0 Å². The third-order valence-corrected chi connectivity index (χ3v) is 5.03. The van der Waals surface area contributed by atoms with Gasteiger partial charge in [0, 0.05) is 6.54 Å². The molecule has 1 unspecified atom stereocenters. The van der Waals surface area contributed by atoms with E-state index >= 15 is 0 Å². The summed E-state index contributed by atoms with van der Waals surface area (Å²) in [7, 11) is 0. The summed E-state index contributed by atoms with van der Waals surface area (Å²) in [4.78, 5) is 2.67. The van der Waals surface area contributed by atoms with Crippen molar-refractivity contribution in [2.45, 2.75) is 66.7 Å². The first kappa shape index (κ1) is 14.0. The number of hydrogen-bond donors (Lipinski definition) is 0. The summed E-state index contributed by atoms with van der Waals surface area (Å²) in [5.41, 5.74) is 0.951. The Morgan fingerprint density at radius 3 is 2.00 bits per heavy atom. The monoisotopic (exact) mass is 225 g/mol. The van der Waals surface area contributed by atoms with Crippen LogP contribution >= 0.6 is 0 Å². The van der Waals surface area contributed by atoms with Gasteiger partial charge in [-0.05, 0) is 43.2 Å². The molecule has 0 aliphatic carbocycles. The van der Waals surface area contributed by atoms with E-state index in [0.717, 1.165) is 0 Å². The highest BCUT2D eigenvalue weighted by atomic mass is 15.1. The van der Waals surface area contributed by atoms with E-state index in [0.29, 0.717) is 10.8 Å². The molecule has 1 nitrogen and oxygen atoms in total. The van der Waals surface area contributed by atoms with E-state index < -0.39 is 0 Å². The molecule has 0 amide bonds. The Morgan fingerprint density at radius 2 is 1.56 bits per heavy atom. The normalized spacial score (nSPS) is 22.3. The highest BCUT2D eigenvalue weighted by molar-refractivity contribution is 4.91. The molecule has 1 rings (SSSR count). The average molecular weight is 225 g/mol. The van der Waals surface area contributed by atoms with Crippen LogP contribution in [0.15, 0.2) is 0 Å². The molecule has 0 saturated carbocycles. The van der Waals surface area contributed by atoms with E-state index in [2.05, 4.69) is 39.5 Å². The summed E-state index contributed by atoms with van der Waals surface area (Å²) >= 11 is 0. The molecule has 0 aromatic rings. The SMILES string of the molecule is CCCC(C)(CC)C(C)(C)CN1CCCC1. The van der Waals surface area contributed by atoms with E-state index in [-0.39, 0.29) is 0 Å². The summed E-state index contributed by atoms with van der Waals surface area (Å²) in [6, 6.07) is 0. The van der Waals surface area contributed by atoms with Crippen molar-refractivity contribution in [3.8, 4) is 0 Å². The first-order valence-electron chi connectivity index (χ1n) is 7.17. The minimum Gasteiger partial charge on any atom is -0.303 e. The Bertz CT molecular complexity index is 203. The predicted octanol–water partition coefficient (Wildman–Crippen LogP) is 4.32. The number of likely N-dealkylation sites (tertiary alicyclic amines) is 1. The fourth-order valence-electron chi connectivity index (χ4n) is 3.24. The Hall–Kier alpha value is -0.0400. The lowest BCUT2D eigenvalue weighted by molar-refractivity contribution is 0.0371.